The lowest BCUT2D eigenvalue weighted by molar-refractivity contribution is 0.332. The molecule has 0 radical (unpaired) electrons. The SMILES string of the molecule is C=C/C=C(\C=C/C)/C=C(\C)c1ccc2c(c1)C(C)(C)CCC2(C)C.CC. The van der Waals surface area contributed by atoms with Gasteiger partial charge >= 0.3 is 0 Å². The summed E-state index contributed by atoms with van der Waals surface area (Å²) >= 11 is 0. The van der Waals surface area contributed by atoms with Gasteiger partial charge in [0, 0.05) is 0 Å². The highest BCUT2D eigenvalue weighted by molar-refractivity contribution is 5.69. The maximum absolute atomic E-state index is 3.82. The largest absolute Gasteiger partial charge is 0.0990 e. The number of hydrogen-bond donors (Lipinski definition) is 0. The van der Waals surface area contributed by atoms with Crippen LogP contribution < -0.4 is 0 Å². The van der Waals surface area contributed by atoms with E-state index in [0.29, 0.717) is 0 Å². The van der Waals surface area contributed by atoms with Crippen molar-refractivity contribution >= 4 is 5.57 Å². The second-order valence-electron chi connectivity index (χ2n) is 8.26. The molecule has 0 aromatic heterocycles. The molecule has 0 bridgehead atoms. The smallest absolute Gasteiger partial charge is 0.0100 e. The molecule has 0 nitrogen and oxygen atoms in total. The zero-order valence-corrected chi connectivity index (χ0v) is 18.2. The Balaban J connectivity index is 0.00000163. The minimum Gasteiger partial charge on any atom is -0.0990 e. The van der Waals surface area contributed by atoms with Gasteiger partial charge in [-0.1, -0.05) is 96.7 Å². The summed E-state index contributed by atoms with van der Waals surface area (Å²) in [6.45, 7) is 21.6. The van der Waals surface area contributed by atoms with Gasteiger partial charge in [0.2, 0.25) is 0 Å². The molecule has 0 N–H and O–H groups in total. The Morgan fingerprint density at radius 3 is 2.12 bits per heavy atom. The highest BCUT2D eigenvalue weighted by atomic mass is 14.4. The van der Waals surface area contributed by atoms with Crippen molar-refractivity contribution in [2.24, 2.45) is 0 Å². The minimum atomic E-state index is 0.254. The molecule has 0 fully saturated rings. The molecular weight excluding hydrogens is 312 g/mol. The van der Waals surface area contributed by atoms with E-state index >= 15 is 0 Å². The Kier molecular flexibility index (Phi) is 7.87. The quantitative estimate of drug-likeness (QED) is 0.480. The van der Waals surface area contributed by atoms with Crippen LogP contribution in [-0.2, 0) is 10.8 Å². The molecule has 0 heteroatoms. The highest BCUT2D eigenvalue weighted by Crippen LogP contribution is 2.46. The summed E-state index contributed by atoms with van der Waals surface area (Å²) in [6, 6.07) is 7.06. The first-order valence-corrected chi connectivity index (χ1v) is 10.0. The van der Waals surface area contributed by atoms with Crippen molar-refractivity contribution in [2.45, 2.75) is 79.1 Å². The van der Waals surface area contributed by atoms with Gasteiger partial charge in [0.15, 0.2) is 0 Å². The van der Waals surface area contributed by atoms with E-state index in [2.05, 4.69) is 83.7 Å². The lowest BCUT2D eigenvalue weighted by Gasteiger charge is -2.42. The highest BCUT2D eigenvalue weighted by Gasteiger charge is 2.36. The molecule has 1 aromatic carbocycles. The van der Waals surface area contributed by atoms with Gasteiger partial charge in [0.05, 0.1) is 0 Å². The summed E-state index contributed by atoms with van der Waals surface area (Å²) in [5.74, 6) is 0. The van der Waals surface area contributed by atoms with Crippen LogP contribution in [0.2, 0.25) is 0 Å². The molecule has 142 valence electrons. The number of rotatable bonds is 4. The summed E-state index contributed by atoms with van der Waals surface area (Å²) in [5, 5.41) is 0. The van der Waals surface area contributed by atoms with Gasteiger partial charge in [-0.15, -0.1) is 0 Å². The molecule has 0 saturated carbocycles. The molecule has 0 saturated heterocycles. The van der Waals surface area contributed by atoms with Crippen LogP contribution in [0.5, 0.6) is 0 Å². The van der Waals surface area contributed by atoms with Crippen LogP contribution in [0.15, 0.2) is 60.7 Å². The zero-order chi connectivity index (χ0) is 20.0. The average Bonchev–Trinajstić information content (AvgIpc) is 2.61. The summed E-state index contributed by atoms with van der Waals surface area (Å²) in [6.07, 6.45) is 12.8. The number of benzene rings is 1. The van der Waals surface area contributed by atoms with Crippen molar-refractivity contribution in [3.05, 3.63) is 77.4 Å². The Labute approximate surface area is 162 Å². The van der Waals surface area contributed by atoms with E-state index in [1.54, 1.807) is 0 Å². The molecule has 0 spiro atoms. The van der Waals surface area contributed by atoms with Crippen molar-refractivity contribution in [1.82, 2.24) is 0 Å². The van der Waals surface area contributed by atoms with E-state index in [0.717, 1.165) is 0 Å². The Hall–Kier alpha value is -1.82. The number of hydrogen-bond acceptors (Lipinski definition) is 0. The standard InChI is InChI=1S/C24H32.C2H6/c1-8-10-19(11-9-2)16-18(3)20-12-13-21-22(17-20)24(6,7)15-14-23(21,4)5;1-2/h8-13,16-17H,1,14-15H2,2-7H3;1-2H3/b11-9-,18-16+,19-10+;. The molecule has 1 aliphatic rings. The van der Waals surface area contributed by atoms with Crippen molar-refractivity contribution in [2.75, 3.05) is 0 Å². The molecule has 1 aliphatic carbocycles. The second-order valence-corrected chi connectivity index (χ2v) is 8.26. The molecule has 0 aliphatic heterocycles. The van der Waals surface area contributed by atoms with Crippen LogP contribution in [0.1, 0.15) is 84.9 Å². The van der Waals surface area contributed by atoms with E-state index in [1.165, 1.54) is 40.7 Å². The van der Waals surface area contributed by atoms with Crippen LogP contribution in [0, 0.1) is 0 Å². The average molecular weight is 351 g/mol. The van der Waals surface area contributed by atoms with Gasteiger partial charge in [-0.05, 0) is 65.4 Å². The Bertz CT molecular complexity index is 706. The predicted octanol–water partition coefficient (Wildman–Crippen LogP) is 8.15. The van der Waals surface area contributed by atoms with Gasteiger partial charge < -0.3 is 0 Å². The van der Waals surface area contributed by atoms with Crippen molar-refractivity contribution in [1.29, 1.82) is 0 Å². The van der Waals surface area contributed by atoms with E-state index in [-0.39, 0.29) is 10.8 Å². The van der Waals surface area contributed by atoms with Crippen molar-refractivity contribution in [3.8, 4) is 0 Å². The van der Waals surface area contributed by atoms with Crippen LogP contribution in [0.4, 0.5) is 0 Å². The van der Waals surface area contributed by atoms with Gasteiger partial charge in [0.1, 0.15) is 0 Å². The molecule has 0 amide bonds. The van der Waals surface area contributed by atoms with E-state index < -0.39 is 0 Å². The molecule has 0 heterocycles. The van der Waals surface area contributed by atoms with Crippen molar-refractivity contribution in [3.63, 3.8) is 0 Å². The monoisotopic (exact) mass is 350 g/mol. The first-order valence-electron chi connectivity index (χ1n) is 10.0. The fraction of sp³-hybridized carbons (Fsp3) is 0.462. The lowest BCUT2D eigenvalue weighted by Crippen LogP contribution is -2.33. The summed E-state index contributed by atoms with van der Waals surface area (Å²) in [5.41, 5.74) is 7.36. The third-order valence-corrected chi connectivity index (χ3v) is 5.36. The summed E-state index contributed by atoms with van der Waals surface area (Å²) in [7, 11) is 0. The molecule has 0 atom stereocenters. The van der Waals surface area contributed by atoms with Gasteiger partial charge in [0.25, 0.3) is 0 Å². The van der Waals surface area contributed by atoms with Crippen LogP contribution in [0.3, 0.4) is 0 Å². The van der Waals surface area contributed by atoms with E-state index in [1.807, 2.05) is 26.8 Å². The van der Waals surface area contributed by atoms with Crippen LogP contribution in [0.25, 0.3) is 5.57 Å². The van der Waals surface area contributed by atoms with Gasteiger partial charge in [-0.25, -0.2) is 0 Å². The molecule has 1 aromatic rings. The topological polar surface area (TPSA) is 0 Å². The molecule has 0 unspecified atom stereocenters. The fourth-order valence-electron chi connectivity index (χ4n) is 3.65. The lowest BCUT2D eigenvalue weighted by atomic mass is 9.63. The number of fused-ring (bicyclic) bond motifs is 1. The number of allylic oxidation sites excluding steroid dienone is 7. The summed E-state index contributed by atoms with van der Waals surface area (Å²) < 4.78 is 0. The second kappa shape index (κ2) is 9.21. The van der Waals surface area contributed by atoms with E-state index in [9.17, 15) is 0 Å². The van der Waals surface area contributed by atoms with Crippen LogP contribution >= 0.6 is 0 Å². The molecule has 2 rings (SSSR count). The van der Waals surface area contributed by atoms with Crippen LogP contribution in [-0.4, -0.2) is 0 Å². The fourth-order valence-corrected chi connectivity index (χ4v) is 3.65. The first kappa shape index (κ1) is 22.2. The summed E-state index contributed by atoms with van der Waals surface area (Å²) in [4.78, 5) is 0. The minimum absolute atomic E-state index is 0.254. The predicted molar refractivity (Wildman–Crippen MR) is 120 cm³/mol. The molecular formula is C26H38. The third-order valence-electron chi connectivity index (χ3n) is 5.36. The maximum atomic E-state index is 3.82. The third kappa shape index (κ3) is 5.10. The Morgan fingerprint density at radius 1 is 1.00 bits per heavy atom. The van der Waals surface area contributed by atoms with Gasteiger partial charge in [-0.3, -0.25) is 0 Å². The zero-order valence-electron chi connectivity index (χ0n) is 18.2. The van der Waals surface area contributed by atoms with E-state index in [4.69, 9.17) is 0 Å². The molecule has 26 heavy (non-hydrogen) atoms. The maximum Gasteiger partial charge on any atom is -0.0100 e. The van der Waals surface area contributed by atoms with Crippen molar-refractivity contribution < 1.29 is 0 Å². The first-order chi connectivity index (χ1) is 12.2. The normalized spacial score (nSPS) is 18.8. The van der Waals surface area contributed by atoms with Gasteiger partial charge in [-0.2, -0.15) is 0 Å². The Morgan fingerprint density at radius 2 is 1.58 bits per heavy atom.